The Morgan fingerprint density at radius 2 is 1.80 bits per heavy atom. The quantitative estimate of drug-likeness (QED) is 0.772. The van der Waals surface area contributed by atoms with E-state index in [4.69, 9.17) is 0 Å². The Morgan fingerprint density at radius 1 is 1.20 bits per heavy atom. The molecule has 0 aromatic heterocycles. The fraction of sp³-hybridized carbons (Fsp3) is 0.417. The maximum atomic E-state index is 11.0. The summed E-state index contributed by atoms with van der Waals surface area (Å²) in [6.07, 6.45) is 0. The van der Waals surface area contributed by atoms with Crippen molar-refractivity contribution in [1.29, 1.82) is 0 Å². The highest BCUT2D eigenvalue weighted by Gasteiger charge is 2.04. The van der Waals surface area contributed by atoms with Crippen molar-refractivity contribution in [1.82, 2.24) is 0 Å². The molecule has 0 saturated carbocycles. The molecule has 0 unspecified atom stereocenters. The standard InChI is InChI=1S/C12H17NO2/c1-8-5-10(3)11(6-9(8)2)13-7-12(14)15-4/h5-6,13H,7H2,1-4H3. The van der Waals surface area contributed by atoms with Crippen LogP contribution in [0.25, 0.3) is 0 Å². The first-order valence-electron chi connectivity index (χ1n) is 4.93. The van der Waals surface area contributed by atoms with Crippen LogP contribution in [-0.2, 0) is 9.53 Å². The smallest absolute Gasteiger partial charge is 0.325 e. The zero-order valence-corrected chi connectivity index (χ0v) is 9.68. The molecule has 0 fully saturated rings. The number of ether oxygens (including phenoxy) is 1. The van der Waals surface area contributed by atoms with E-state index in [0.717, 1.165) is 11.3 Å². The van der Waals surface area contributed by atoms with Gasteiger partial charge in [-0.15, -0.1) is 0 Å². The number of methoxy groups -OCH3 is 1. The van der Waals surface area contributed by atoms with Crippen molar-refractivity contribution in [2.45, 2.75) is 20.8 Å². The van der Waals surface area contributed by atoms with Crippen molar-refractivity contribution >= 4 is 11.7 Å². The maximum absolute atomic E-state index is 11.0. The van der Waals surface area contributed by atoms with Crippen molar-refractivity contribution < 1.29 is 9.53 Å². The van der Waals surface area contributed by atoms with Crippen LogP contribution in [0.2, 0.25) is 0 Å². The Labute approximate surface area is 90.4 Å². The van der Waals surface area contributed by atoms with Crippen LogP contribution in [0.15, 0.2) is 12.1 Å². The van der Waals surface area contributed by atoms with Crippen LogP contribution in [0.3, 0.4) is 0 Å². The average molecular weight is 207 g/mol. The van der Waals surface area contributed by atoms with Gasteiger partial charge in [-0.05, 0) is 43.5 Å². The molecule has 1 N–H and O–H groups in total. The number of hydrogen-bond donors (Lipinski definition) is 1. The molecule has 1 aromatic rings. The summed E-state index contributed by atoms with van der Waals surface area (Å²) >= 11 is 0. The van der Waals surface area contributed by atoms with E-state index < -0.39 is 0 Å². The molecule has 0 spiro atoms. The Hall–Kier alpha value is -1.51. The Kier molecular flexibility index (Phi) is 3.72. The number of carbonyl (C=O) groups excluding carboxylic acids is 1. The van der Waals surface area contributed by atoms with Crippen LogP contribution >= 0.6 is 0 Å². The van der Waals surface area contributed by atoms with E-state index in [0.29, 0.717) is 0 Å². The average Bonchev–Trinajstić information content (AvgIpc) is 2.21. The number of anilines is 1. The van der Waals surface area contributed by atoms with E-state index in [2.05, 4.69) is 30.0 Å². The zero-order chi connectivity index (χ0) is 11.4. The van der Waals surface area contributed by atoms with Crippen LogP contribution in [0.4, 0.5) is 5.69 Å². The van der Waals surface area contributed by atoms with Crippen LogP contribution in [0.5, 0.6) is 0 Å². The van der Waals surface area contributed by atoms with Crippen molar-refractivity contribution in [2.24, 2.45) is 0 Å². The SMILES string of the molecule is COC(=O)CNc1cc(C)c(C)cc1C. The molecule has 0 atom stereocenters. The Balaban J connectivity index is 2.77. The van der Waals surface area contributed by atoms with Gasteiger partial charge in [-0.25, -0.2) is 0 Å². The molecular formula is C12H17NO2. The molecule has 0 aliphatic heterocycles. The molecule has 1 aromatic carbocycles. The molecule has 3 heteroatoms. The molecule has 0 aliphatic rings. The van der Waals surface area contributed by atoms with E-state index in [1.165, 1.54) is 18.2 Å². The maximum Gasteiger partial charge on any atom is 0.325 e. The molecule has 0 amide bonds. The van der Waals surface area contributed by atoms with E-state index >= 15 is 0 Å². The summed E-state index contributed by atoms with van der Waals surface area (Å²) in [5.41, 5.74) is 4.61. The van der Waals surface area contributed by atoms with Gasteiger partial charge in [0.05, 0.1) is 7.11 Å². The van der Waals surface area contributed by atoms with Crippen LogP contribution in [0.1, 0.15) is 16.7 Å². The van der Waals surface area contributed by atoms with E-state index in [-0.39, 0.29) is 12.5 Å². The number of aryl methyl sites for hydroxylation is 3. The van der Waals surface area contributed by atoms with Gasteiger partial charge < -0.3 is 10.1 Å². The van der Waals surface area contributed by atoms with Gasteiger partial charge in [0.2, 0.25) is 0 Å². The minimum atomic E-state index is -0.257. The van der Waals surface area contributed by atoms with Crippen molar-refractivity contribution in [3.05, 3.63) is 28.8 Å². The first-order valence-corrected chi connectivity index (χ1v) is 4.93. The second-order valence-corrected chi connectivity index (χ2v) is 3.68. The van der Waals surface area contributed by atoms with Crippen LogP contribution in [0, 0.1) is 20.8 Å². The molecule has 3 nitrogen and oxygen atoms in total. The van der Waals surface area contributed by atoms with Crippen LogP contribution in [-0.4, -0.2) is 19.6 Å². The summed E-state index contributed by atoms with van der Waals surface area (Å²) in [5.74, 6) is -0.257. The molecule has 0 aliphatic carbocycles. The number of nitrogens with one attached hydrogen (secondary N) is 1. The lowest BCUT2D eigenvalue weighted by molar-refractivity contribution is -0.138. The first-order chi connectivity index (χ1) is 7.04. The lowest BCUT2D eigenvalue weighted by Gasteiger charge is -2.11. The van der Waals surface area contributed by atoms with Gasteiger partial charge in [-0.3, -0.25) is 4.79 Å². The zero-order valence-electron chi connectivity index (χ0n) is 9.68. The first kappa shape index (κ1) is 11.6. The lowest BCUT2D eigenvalue weighted by Crippen LogP contribution is -2.15. The predicted octanol–water partition coefficient (Wildman–Crippen LogP) is 2.20. The van der Waals surface area contributed by atoms with Gasteiger partial charge >= 0.3 is 5.97 Å². The van der Waals surface area contributed by atoms with Gasteiger partial charge in [0.15, 0.2) is 0 Å². The van der Waals surface area contributed by atoms with Crippen molar-refractivity contribution in [3.8, 4) is 0 Å². The van der Waals surface area contributed by atoms with E-state index in [1.807, 2.05) is 13.0 Å². The molecule has 0 saturated heterocycles. The minimum absolute atomic E-state index is 0.208. The predicted molar refractivity (Wildman–Crippen MR) is 61.2 cm³/mol. The summed E-state index contributed by atoms with van der Waals surface area (Å²) in [7, 11) is 1.39. The third-order valence-electron chi connectivity index (χ3n) is 2.49. The second kappa shape index (κ2) is 4.82. The highest BCUT2D eigenvalue weighted by atomic mass is 16.5. The van der Waals surface area contributed by atoms with Gasteiger partial charge in [0.25, 0.3) is 0 Å². The summed E-state index contributed by atoms with van der Waals surface area (Å²) in [5, 5.41) is 3.06. The van der Waals surface area contributed by atoms with E-state index in [1.54, 1.807) is 0 Å². The fourth-order valence-corrected chi connectivity index (χ4v) is 1.39. The Bertz CT molecular complexity index is 372. The van der Waals surface area contributed by atoms with Gasteiger partial charge in [0, 0.05) is 5.69 Å². The number of carbonyl (C=O) groups is 1. The number of esters is 1. The second-order valence-electron chi connectivity index (χ2n) is 3.68. The number of benzene rings is 1. The third kappa shape index (κ3) is 2.98. The molecule has 15 heavy (non-hydrogen) atoms. The summed E-state index contributed by atoms with van der Waals surface area (Å²) in [6, 6.07) is 4.16. The van der Waals surface area contributed by atoms with Gasteiger partial charge in [-0.2, -0.15) is 0 Å². The largest absolute Gasteiger partial charge is 0.468 e. The lowest BCUT2D eigenvalue weighted by atomic mass is 10.1. The molecule has 0 bridgehead atoms. The van der Waals surface area contributed by atoms with Crippen molar-refractivity contribution in [3.63, 3.8) is 0 Å². The topological polar surface area (TPSA) is 38.3 Å². The summed E-state index contributed by atoms with van der Waals surface area (Å²) in [6.45, 7) is 6.36. The highest BCUT2D eigenvalue weighted by molar-refractivity contribution is 5.75. The monoisotopic (exact) mass is 207 g/mol. The molecular weight excluding hydrogens is 190 g/mol. The molecule has 0 radical (unpaired) electrons. The highest BCUT2D eigenvalue weighted by Crippen LogP contribution is 2.19. The van der Waals surface area contributed by atoms with Gasteiger partial charge in [0.1, 0.15) is 6.54 Å². The number of rotatable bonds is 3. The van der Waals surface area contributed by atoms with Crippen LogP contribution < -0.4 is 5.32 Å². The summed E-state index contributed by atoms with van der Waals surface area (Å²) < 4.78 is 4.56. The minimum Gasteiger partial charge on any atom is -0.468 e. The third-order valence-corrected chi connectivity index (χ3v) is 2.49. The van der Waals surface area contributed by atoms with Gasteiger partial charge in [-0.1, -0.05) is 6.07 Å². The Morgan fingerprint density at radius 3 is 2.40 bits per heavy atom. The molecule has 1 rings (SSSR count). The normalized spacial score (nSPS) is 9.87. The molecule has 82 valence electrons. The number of hydrogen-bond acceptors (Lipinski definition) is 3. The fourth-order valence-electron chi connectivity index (χ4n) is 1.39. The molecule has 0 heterocycles. The van der Waals surface area contributed by atoms with E-state index in [9.17, 15) is 4.79 Å². The summed E-state index contributed by atoms with van der Waals surface area (Å²) in [4.78, 5) is 11.0. The van der Waals surface area contributed by atoms with Crippen molar-refractivity contribution in [2.75, 3.05) is 19.0 Å².